The van der Waals surface area contributed by atoms with Gasteiger partial charge in [0.2, 0.25) is 0 Å². The minimum Gasteiger partial charge on any atom is -0.392 e. The molecule has 0 aromatic carbocycles. The van der Waals surface area contributed by atoms with Gasteiger partial charge in [-0.05, 0) is 20.4 Å². The monoisotopic (exact) mass is 215 g/mol. The fraction of sp³-hybridized carbons (Fsp3) is 1.00. The predicted molar refractivity (Wildman–Crippen MR) is 56.8 cm³/mol. The third-order valence-electron chi connectivity index (χ3n) is 3.49. The van der Waals surface area contributed by atoms with Gasteiger partial charge in [-0.2, -0.15) is 0 Å². The van der Waals surface area contributed by atoms with Crippen molar-refractivity contribution in [2.24, 2.45) is 0 Å². The van der Waals surface area contributed by atoms with Gasteiger partial charge in [-0.1, -0.05) is 0 Å². The summed E-state index contributed by atoms with van der Waals surface area (Å²) in [5, 5.41) is 9.40. The van der Waals surface area contributed by atoms with E-state index in [-0.39, 0.29) is 11.7 Å². The second kappa shape index (κ2) is 4.37. The lowest BCUT2D eigenvalue weighted by atomic mass is 9.92. The van der Waals surface area contributed by atoms with Gasteiger partial charge in [-0.3, -0.25) is 4.90 Å². The van der Waals surface area contributed by atoms with E-state index in [1.807, 2.05) is 6.92 Å². The topological polar surface area (TPSA) is 41.9 Å². The van der Waals surface area contributed by atoms with Crippen molar-refractivity contribution in [2.45, 2.75) is 37.5 Å². The van der Waals surface area contributed by atoms with Crippen LogP contribution < -0.4 is 0 Å². The second-order valence-corrected chi connectivity index (χ2v) is 4.81. The summed E-state index contributed by atoms with van der Waals surface area (Å²) in [6.07, 6.45) is 1.75. The molecule has 88 valence electrons. The van der Waals surface area contributed by atoms with Crippen LogP contribution in [0.3, 0.4) is 0 Å². The standard InChI is InChI=1S/C11H21NO3/c1-9(13)7-12(2)10-3-5-15-11(10)4-6-14-8-11/h9-10,13H,3-8H2,1-2H3. The maximum absolute atomic E-state index is 9.40. The summed E-state index contributed by atoms with van der Waals surface area (Å²) in [6.45, 7) is 4.86. The molecule has 0 bridgehead atoms. The molecule has 0 aromatic heterocycles. The first-order chi connectivity index (χ1) is 7.14. The van der Waals surface area contributed by atoms with E-state index in [9.17, 15) is 5.11 Å². The third kappa shape index (κ3) is 2.18. The maximum atomic E-state index is 9.40. The van der Waals surface area contributed by atoms with Gasteiger partial charge in [-0.25, -0.2) is 0 Å². The van der Waals surface area contributed by atoms with Gasteiger partial charge < -0.3 is 14.6 Å². The van der Waals surface area contributed by atoms with Crippen molar-refractivity contribution in [3.63, 3.8) is 0 Å². The highest BCUT2D eigenvalue weighted by molar-refractivity contribution is 5.00. The van der Waals surface area contributed by atoms with Crippen LogP contribution in [0.1, 0.15) is 19.8 Å². The molecule has 2 saturated heterocycles. The van der Waals surface area contributed by atoms with Gasteiger partial charge in [0, 0.05) is 32.2 Å². The lowest BCUT2D eigenvalue weighted by Crippen LogP contribution is -2.50. The lowest BCUT2D eigenvalue weighted by Gasteiger charge is -2.35. The van der Waals surface area contributed by atoms with Gasteiger partial charge in [-0.15, -0.1) is 0 Å². The van der Waals surface area contributed by atoms with Crippen molar-refractivity contribution in [3.05, 3.63) is 0 Å². The third-order valence-corrected chi connectivity index (χ3v) is 3.49. The first kappa shape index (κ1) is 11.3. The summed E-state index contributed by atoms with van der Waals surface area (Å²) in [7, 11) is 2.06. The molecule has 4 nitrogen and oxygen atoms in total. The van der Waals surface area contributed by atoms with Crippen molar-refractivity contribution in [1.82, 2.24) is 4.90 Å². The van der Waals surface area contributed by atoms with Gasteiger partial charge in [0.1, 0.15) is 5.60 Å². The molecule has 0 aliphatic carbocycles. The zero-order valence-electron chi connectivity index (χ0n) is 9.61. The molecule has 15 heavy (non-hydrogen) atoms. The van der Waals surface area contributed by atoms with Crippen LogP contribution in [-0.4, -0.2) is 61.2 Å². The first-order valence-corrected chi connectivity index (χ1v) is 5.74. The van der Waals surface area contributed by atoms with Crippen LogP contribution in [-0.2, 0) is 9.47 Å². The average molecular weight is 215 g/mol. The minimum atomic E-state index is -0.282. The van der Waals surface area contributed by atoms with Crippen molar-refractivity contribution in [3.8, 4) is 0 Å². The van der Waals surface area contributed by atoms with E-state index in [0.717, 1.165) is 26.1 Å². The van der Waals surface area contributed by atoms with Crippen molar-refractivity contribution in [2.75, 3.05) is 33.4 Å². The van der Waals surface area contributed by atoms with Crippen LogP contribution in [0.4, 0.5) is 0 Å². The molecule has 3 unspecified atom stereocenters. The molecule has 0 amide bonds. The van der Waals surface area contributed by atoms with Crippen molar-refractivity contribution in [1.29, 1.82) is 0 Å². The van der Waals surface area contributed by atoms with Gasteiger partial charge in [0.25, 0.3) is 0 Å². The summed E-state index contributed by atoms with van der Waals surface area (Å²) >= 11 is 0. The normalized spacial score (nSPS) is 38.0. The fourth-order valence-corrected chi connectivity index (χ4v) is 2.84. The van der Waals surface area contributed by atoms with Crippen LogP contribution >= 0.6 is 0 Å². The lowest BCUT2D eigenvalue weighted by molar-refractivity contribution is -0.0438. The quantitative estimate of drug-likeness (QED) is 0.732. The average Bonchev–Trinajstić information content (AvgIpc) is 2.76. The Morgan fingerprint density at radius 1 is 1.53 bits per heavy atom. The number of nitrogens with zero attached hydrogens (tertiary/aromatic N) is 1. The fourth-order valence-electron chi connectivity index (χ4n) is 2.84. The predicted octanol–water partition coefficient (Wildman–Crippen LogP) is 0.247. The molecule has 2 rings (SSSR count). The van der Waals surface area contributed by atoms with E-state index < -0.39 is 0 Å². The Balaban J connectivity index is 2.00. The number of hydrogen-bond acceptors (Lipinski definition) is 4. The molecule has 3 atom stereocenters. The highest BCUT2D eigenvalue weighted by Gasteiger charge is 2.48. The van der Waals surface area contributed by atoms with E-state index in [1.165, 1.54) is 0 Å². The summed E-state index contributed by atoms with van der Waals surface area (Å²) in [5.41, 5.74) is -0.0936. The SMILES string of the molecule is CC(O)CN(C)C1CCOC12CCOC2. The Morgan fingerprint density at radius 3 is 2.93 bits per heavy atom. The summed E-state index contributed by atoms with van der Waals surface area (Å²) in [4.78, 5) is 2.21. The first-order valence-electron chi connectivity index (χ1n) is 5.74. The van der Waals surface area contributed by atoms with E-state index in [4.69, 9.17) is 9.47 Å². The number of aliphatic hydroxyl groups is 1. The maximum Gasteiger partial charge on any atom is 0.109 e. The highest BCUT2D eigenvalue weighted by atomic mass is 16.6. The largest absolute Gasteiger partial charge is 0.392 e. The number of aliphatic hydroxyl groups excluding tert-OH is 1. The molecule has 1 N–H and O–H groups in total. The molecule has 0 radical (unpaired) electrons. The zero-order valence-corrected chi connectivity index (χ0v) is 9.61. The summed E-state index contributed by atoms with van der Waals surface area (Å²) < 4.78 is 11.3. The van der Waals surface area contributed by atoms with Crippen LogP contribution in [0.2, 0.25) is 0 Å². The number of ether oxygens (including phenoxy) is 2. The summed E-state index contributed by atoms with van der Waals surface area (Å²) in [5.74, 6) is 0. The molecule has 2 heterocycles. The van der Waals surface area contributed by atoms with Crippen LogP contribution in [0, 0.1) is 0 Å². The molecule has 0 aromatic rings. The molecular weight excluding hydrogens is 194 g/mol. The van der Waals surface area contributed by atoms with Crippen molar-refractivity contribution >= 4 is 0 Å². The Kier molecular flexibility index (Phi) is 3.30. The molecular formula is C11H21NO3. The number of likely N-dealkylation sites (N-methyl/N-ethyl adjacent to an activating group) is 1. The van der Waals surface area contributed by atoms with Gasteiger partial charge in [0.05, 0.1) is 12.7 Å². The van der Waals surface area contributed by atoms with E-state index in [0.29, 0.717) is 19.2 Å². The van der Waals surface area contributed by atoms with Gasteiger partial charge >= 0.3 is 0 Å². The highest BCUT2D eigenvalue weighted by Crippen LogP contribution is 2.36. The zero-order chi connectivity index (χ0) is 10.9. The Hall–Kier alpha value is -0.160. The molecule has 1 spiro atoms. The van der Waals surface area contributed by atoms with Crippen LogP contribution in [0.15, 0.2) is 0 Å². The molecule has 2 aliphatic heterocycles. The Morgan fingerprint density at radius 2 is 2.33 bits per heavy atom. The Labute approximate surface area is 91.2 Å². The molecule has 4 heteroatoms. The minimum absolute atomic E-state index is 0.0936. The van der Waals surface area contributed by atoms with E-state index >= 15 is 0 Å². The smallest absolute Gasteiger partial charge is 0.109 e. The van der Waals surface area contributed by atoms with E-state index in [2.05, 4.69) is 11.9 Å². The van der Waals surface area contributed by atoms with Crippen LogP contribution in [0.5, 0.6) is 0 Å². The second-order valence-electron chi connectivity index (χ2n) is 4.81. The van der Waals surface area contributed by atoms with Crippen molar-refractivity contribution < 1.29 is 14.6 Å². The van der Waals surface area contributed by atoms with E-state index in [1.54, 1.807) is 0 Å². The van der Waals surface area contributed by atoms with Crippen LogP contribution in [0.25, 0.3) is 0 Å². The number of rotatable bonds is 3. The Bertz CT molecular complexity index is 208. The summed E-state index contributed by atoms with van der Waals surface area (Å²) in [6, 6.07) is 0.398. The molecule has 0 saturated carbocycles. The van der Waals surface area contributed by atoms with Gasteiger partial charge in [0.15, 0.2) is 0 Å². The number of hydrogen-bond donors (Lipinski definition) is 1. The molecule has 2 fully saturated rings. The molecule has 2 aliphatic rings.